The molecule has 0 radical (unpaired) electrons. The Bertz CT molecular complexity index is 997. The summed E-state index contributed by atoms with van der Waals surface area (Å²) in [7, 11) is 0. The third-order valence-electron chi connectivity index (χ3n) is 3.68. The zero-order valence-corrected chi connectivity index (χ0v) is 16.3. The predicted molar refractivity (Wildman–Crippen MR) is 106 cm³/mol. The first-order valence-electron chi connectivity index (χ1n) is 8.64. The number of hydrogen-bond acceptors (Lipinski definition) is 7. The van der Waals surface area contributed by atoms with E-state index in [0.29, 0.717) is 11.6 Å². The van der Waals surface area contributed by atoms with Gasteiger partial charge < -0.3 is 15.4 Å². The number of ether oxygens (including phenoxy) is 1. The van der Waals surface area contributed by atoms with Gasteiger partial charge in [-0.25, -0.2) is 4.52 Å². The van der Waals surface area contributed by atoms with Gasteiger partial charge in [0.25, 0.3) is 0 Å². The van der Waals surface area contributed by atoms with E-state index in [9.17, 15) is 13.2 Å². The Kier molecular flexibility index (Phi) is 6.37. The van der Waals surface area contributed by atoms with Gasteiger partial charge in [0.15, 0.2) is 11.4 Å². The number of halogens is 3. The van der Waals surface area contributed by atoms with E-state index >= 15 is 0 Å². The summed E-state index contributed by atoms with van der Waals surface area (Å²) < 4.78 is 47.8. The highest BCUT2D eigenvalue weighted by atomic mass is 32.1. The Morgan fingerprint density at radius 1 is 1.41 bits per heavy atom. The fourth-order valence-electron chi connectivity index (χ4n) is 2.33. The van der Waals surface area contributed by atoms with Crippen LogP contribution in [0.2, 0.25) is 0 Å². The van der Waals surface area contributed by atoms with Crippen LogP contribution < -0.4 is 15.4 Å². The van der Waals surface area contributed by atoms with Gasteiger partial charge in [-0.3, -0.25) is 0 Å². The lowest BCUT2D eigenvalue weighted by molar-refractivity contribution is -0.139. The van der Waals surface area contributed by atoms with Gasteiger partial charge in [0.1, 0.15) is 5.00 Å². The second kappa shape index (κ2) is 8.95. The molecule has 0 aliphatic carbocycles. The van der Waals surface area contributed by atoms with Gasteiger partial charge in [-0.15, -0.1) is 11.7 Å². The molecule has 7 nitrogen and oxygen atoms in total. The first-order valence-corrected chi connectivity index (χ1v) is 9.42. The molecular weight excluding hydrogens is 405 g/mol. The number of aromatic nitrogens is 4. The van der Waals surface area contributed by atoms with Crippen molar-refractivity contribution in [1.29, 1.82) is 0 Å². The van der Waals surface area contributed by atoms with E-state index < -0.39 is 19.2 Å². The maximum Gasteiger partial charge on any atom is 0.392 e. The number of nitrogens with one attached hydrogen (secondary N) is 2. The highest BCUT2D eigenvalue weighted by molar-refractivity contribution is 7.10. The summed E-state index contributed by atoms with van der Waals surface area (Å²) in [5.74, 6) is 0.519. The molecule has 154 valence electrons. The first kappa shape index (κ1) is 20.6. The molecule has 3 aromatic heterocycles. The lowest BCUT2D eigenvalue weighted by atomic mass is 10.3. The molecule has 3 heterocycles. The number of pyridine rings is 1. The molecule has 0 saturated carbocycles. The minimum absolute atomic E-state index is 0.227. The van der Waals surface area contributed by atoms with Crippen molar-refractivity contribution in [2.24, 2.45) is 0 Å². The average Bonchev–Trinajstić information content (AvgIpc) is 3.26. The van der Waals surface area contributed by atoms with Crippen LogP contribution in [0.4, 0.5) is 24.1 Å². The van der Waals surface area contributed by atoms with Crippen LogP contribution in [-0.2, 0) is 0 Å². The molecular formula is C18H19F3N6OS. The molecule has 1 unspecified atom stereocenters. The van der Waals surface area contributed by atoms with Crippen LogP contribution in [0.3, 0.4) is 0 Å². The van der Waals surface area contributed by atoms with E-state index in [1.807, 2.05) is 19.1 Å². The standard InChI is InChI=1S/C18H19F3N6OS/c1-3-13(6-8-22-15-11-12(2)26-29-15)23-17-24-16-14(5-4-9-27(16)25-17)28-10-7-18(19,20)21/h3-6,8-9,11,13,22H,1,7,10H2,2H3,(H,23,25)/b8-6+. The predicted octanol–water partition coefficient (Wildman–Crippen LogP) is 4.42. The minimum Gasteiger partial charge on any atom is -0.489 e. The Morgan fingerprint density at radius 3 is 2.93 bits per heavy atom. The number of hydrogen-bond donors (Lipinski definition) is 2. The number of anilines is 2. The van der Waals surface area contributed by atoms with Crippen LogP contribution in [0.1, 0.15) is 12.1 Å². The lowest BCUT2D eigenvalue weighted by Gasteiger charge is -2.08. The zero-order chi connectivity index (χ0) is 20.9. The molecule has 2 N–H and O–H groups in total. The van der Waals surface area contributed by atoms with Crippen molar-refractivity contribution in [2.75, 3.05) is 17.2 Å². The van der Waals surface area contributed by atoms with Crippen molar-refractivity contribution in [1.82, 2.24) is 19.0 Å². The second-order valence-electron chi connectivity index (χ2n) is 6.03. The second-order valence-corrected chi connectivity index (χ2v) is 6.84. The molecule has 0 bridgehead atoms. The van der Waals surface area contributed by atoms with E-state index in [-0.39, 0.29) is 11.8 Å². The SMILES string of the molecule is C=CC(/C=C/Nc1cc(C)ns1)Nc1nc2c(OCCC(F)(F)F)cccn2n1. The fourth-order valence-corrected chi connectivity index (χ4v) is 2.97. The quantitative estimate of drug-likeness (QED) is 0.496. The van der Waals surface area contributed by atoms with Crippen LogP contribution in [0.15, 0.2) is 49.3 Å². The number of nitrogens with zero attached hydrogens (tertiary/aromatic N) is 4. The molecule has 0 amide bonds. The van der Waals surface area contributed by atoms with Crippen molar-refractivity contribution in [3.05, 3.63) is 55.0 Å². The Morgan fingerprint density at radius 2 is 2.24 bits per heavy atom. The summed E-state index contributed by atoms with van der Waals surface area (Å²) in [4.78, 5) is 4.31. The van der Waals surface area contributed by atoms with Crippen LogP contribution in [-0.4, -0.2) is 37.8 Å². The highest BCUT2D eigenvalue weighted by Gasteiger charge is 2.27. The molecule has 11 heteroatoms. The number of rotatable bonds is 9. The monoisotopic (exact) mass is 424 g/mol. The molecule has 3 aromatic rings. The summed E-state index contributed by atoms with van der Waals surface area (Å²) in [5.41, 5.74) is 1.26. The average molecular weight is 424 g/mol. The molecule has 3 rings (SSSR count). The van der Waals surface area contributed by atoms with Crippen LogP contribution in [0, 0.1) is 6.92 Å². The summed E-state index contributed by atoms with van der Waals surface area (Å²) in [6.07, 6.45) is 1.57. The number of aryl methyl sites for hydroxylation is 1. The topological polar surface area (TPSA) is 76.4 Å². The molecule has 0 aliphatic heterocycles. The maximum atomic E-state index is 12.3. The van der Waals surface area contributed by atoms with Gasteiger partial charge in [-0.2, -0.15) is 22.5 Å². The largest absolute Gasteiger partial charge is 0.489 e. The van der Waals surface area contributed by atoms with Crippen molar-refractivity contribution in [3.63, 3.8) is 0 Å². The van der Waals surface area contributed by atoms with Crippen molar-refractivity contribution in [2.45, 2.75) is 25.6 Å². The molecule has 29 heavy (non-hydrogen) atoms. The summed E-state index contributed by atoms with van der Waals surface area (Å²) in [6.45, 7) is 5.20. The summed E-state index contributed by atoms with van der Waals surface area (Å²) in [5, 5.41) is 11.4. The van der Waals surface area contributed by atoms with Gasteiger partial charge in [0.2, 0.25) is 5.95 Å². The van der Waals surface area contributed by atoms with Crippen molar-refractivity contribution in [3.8, 4) is 5.75 Å². The third-order valence-corrected chi connectivity index (χ3v) is 4.49. The van der Waals surface area contributed by atoms with E-state index in [0.717, 1.165) is 10.7 Å². The zero-order valence-electron chi connectivity index (χ0n) is 15.5. The van der Waals surface area contributed by atoms with E-state index in [1.54, 1.807) is 30.6 Å². The van der Waals surface area contributed by atoms with Gasteiger partial charge in [-0.1, -0.05) is 6.08 Å². The number of fused-ring (bicyclic) bond motifs is 1. The number of alkyl halides is 3. The van der Waals surface area contributed by atoms with Gasteiger partial charge in [0, 0.05) is 12.4 Å². The Balaban J connectivity index is 1.65. The van der Waals surface area contributed by atoms with Crippen LogP contribution in [0.25, 0.3) is 5.65 Å². The molecule has 1 atom stereocenters. The Labute approximate surface area is 169 Å². The van der Waals surface area contributed by atoms with Gasteiger partial charge in [0.05, 0.1) is 24.8 Å². The van der Waals surface area contributed by atoms with E-state index in [2.05, 4.69) is 31.7 Å². The lowest BCUT2D eigenvalue weighted by Crippen LogP contribution is -2.15. The highest BCUT2D eigenvalue weighted by Crippen LogP contribution is 2.23. The fraction of sp³-hybridized carbons (Fsp3) is 0.278. The Hall–Kier alpha value is -3.08. The normalized spacial score (nSPS) is 13.0. The van der Waals surface area contributed by atoms with Gasteiger partial charge in [-0.05, 0) is 42.7 Å². The van der Waals surface area contributed by atoms with Gasteiger partial charge >= 0.3 is 6.18 Å². The summed E-state index contributed by atoms with van der Waals surface area (Å²) in [6, 6.07) is 4.83. The molecule has 0 spiro atoms. The van der Waals surface area contributed by atoms with Crippen molar-refractivity contribution < 1.29 is 17.9 Å². The molecule has 0 saturated heterocycles. The molecule has 0 aromatic carbocycles. The van der Waals surface area contributed by atoms with Crippen LogP contribution in [0.5, 0.6) is 5.75 Å². The van der Waals surface area contributed by atoms with Crippen molar-refractivity contribution >= 4 is 28.1 Å². The van der Waals surface area contributed by atoms with Crippen LogP contribution >= 0.6 is 11.5 Å². The van der Waals surface area contributed by atoms with E-state index in [4.69, 9.17) is 4.74 Å². The maximum absolute atomic E-state index is 12.3. The smallest absolute Gasteiger partial charge is 0.392 e. The third kappa shape index (κ3) is 5.95. The van der Waals surface area contributed by atoms with E-state index in [1.165, 1.54) is 16.0 Å². The minimum atomic E-state index is -4.28. The molecule has 0 aliphatic rings. The molecule has 0 fully saturated rings. The summed E-state index contributed by atoms with van der Waals surface area (Å²) >= 11 is 1.35. The first-order chi connectivity index (χ1) is 13.8.